The highest BCUT2D eigenvalue weighted by Crippen LogP contribution is 2.30. The van der Waals surface area contributed by atoms with Crippen LogP contribution in [0.15, 0.2) is 45.9 Å². The van der Waals surface area contributed by atoms with Crippen molar-refractivity contribution in [1.82, 2.24) is 5.32 Å². The van der Waals surface area contributed by atoms with Gasteiger partial charge in [0.05, 0.1) is 13.2 Å². The van der Waals surface area contributed by atoms with Crippen molar-refractivity contribution in [3.63, 3.8) is 0 Å². The van der Waals surface area contributed by atoms with Crippen LogP contribution in [0.4, 0.5) is 0 Å². The van der Waals surface area contributed by atoms with Crippen LogP contribution in [0.5, 0.6) is 5.75 Å². The van der Waals surface area contributed by atoms with Crippen molar-refractivity contribution in [2.75, 3.05) is 7.11 Å². The summed E-state index contributed by atoms with van der Waals surface area (Å²) in [6.45, 7) is 0. The Hall–Kier alpha value is -1.52. The highest BCUT2D eigenvalue weighted by Gasteiger charge is 2.32. The van der Waals surface area contributed by atoms with E-state index in [0.29, 0.717) is 12.1 Å². The summed E-state index contributed by atoms with van der Waals surface area (Å²) in [6, 6.07) is 13.2. The van der Waals surface area contributed by atoms with Crippen LogP contribution in [0.2, 0.25) is 5.02 Å². The first-order chi connectivity index (χ1) is 13.2. The van der Waals surface area contributed by atoms with Gasteiger partial charge in [-0.1, -0.05) is 52.5 Å². The second kappa shape index (κ2) is 8.24. The quantitative estimate of drug-likeness (QED) is 0.651. The SMILES string of the molecule is COc1ccc(Br)cc1CCc1c(Cl)cccc1C1=N[C@H]2CCCC[C@@H]2N1. The van der Waals surface area contributed by atoms with Gasteiger partial charge >= 0.3 is 0 Å². The molecule has 1 N–H and O–H groups in total. The first kappa shape index (κ1) is 18.8. The Morgan fingerprint density at radius 3 is 2.85 bits per heavy atom. The molecule has 4 rings (SSSR count). The van der Waals surface area contributed by atoms with Crippen LogP contribution >= 0.6 is 27.5 Å². The molecule has 0 spiro atoms. The fraction of sp³-hybridized carbons (Fsp3) is 0.409. The van der Waals surface area contributed by atoms with Crippen LogP contribution < -0.4 is 10.1 Å². The Balaban J connectivity index is 1.60. The van der Waals surface area contributed by atoms with E-state index in [-0.39, 0.29) is 0 Å². The molecule has 1 aliphatic heterocycles. The third-order valence-electron chi connectivity index (χ3n) is 5.61. The maximum absolute atomic E-state index is 6.61. The number of methoxy groups -OCH3 is 1. The smallest absolute Gasteiger partial charge is 0.129 e. The van der Waals surface area contributed by atoms with Crippen molar-refractivity contribution in [2.45, 2.75) is 50.6 Å². The fourth-order valence-electron chi connectivity index (χ4n) is 4.20. The van der Waals surface area contributed by atoms with Crippen molar-refractivity contribution < 1.29 is 4.74 Å². The van der Waals surface area contributed by atoms with Gasteiger partial charge in [0.1, 0.15) is 11.6 Å². The molecule has 0 aromatic heterocycles. The zero-order valence-corrected chi connectivity index (χ0v) is 17.8. The van der Waals surface area contributed by atoms with E-state index in [1.54, 1.807) is 7.11 Å². The first-order valence-corrected chi connectivity index (χ1v) is 10.8. The lowest BCUT2D eigenvalue weighted by Crippen LogP contribution is -2.37. The van der Waals surface area contributed by atoms with E-state index in [0.717, 1.165) is 45.0 Å². The molecule has 27 heavy (non-hydrogen) atoms. The topological polar surface area (TPSA) is 33.6 Å². The number of fused-ring (bicyclic) bond motifs is 1. The molecule has 0 saturated heterocycles. The summed E-state index contributed by atoms with van der Waals surface area (Å²) in [5.41, 5.74) is 3.48. The molecule has 2 atom stereocenters. The van der Waals surface area contributed by atoms with E-state index >= 15 is 0 Å². The minimum atomic E-state index is 0.422. The van der Waals surface area contributed by atoms with Crippen LogP contribution in [0.3, 0.4) is 0 Å². The highest BCUT2D eigenvalue weighted by atomic mass is 79.9. The number of aryl methyl sites for hydroxylation is 1. The molecule has 0 amide bonds. The van der Waals surface area contributed by atoms with E-state index in [2.05, 4.69) is 33.4 Å². The maximum Gasteiger partial charge on any atom is 0.129 e. The van der Waals surface area contributed by atoms with Gasteiger partial charge in [-0.05, 0) is 61.1 Å². The summed E-state index contributed by atoms with van der Waals surface area (Å²) in [5.74, 6) is 1.93. The lowest BCUT2D eigenvalue weighted by atomic mass is 9.92. The molecule has 1 saturated carbocycles. The molecule has 5 heteroatoms. The number of amidine groups is 1. The van der Waals surface area contributed by atoms with Crippen LogP contribution in [0.1, 0.15) is 42.4 Å². The van der Waals surface area contributed by atoms with Crippen LogP contribution in [-0.2, 0) is 12.8 Å². The third kappa shape index (κ3) is 4.02. The van der Waals surface area contributed by atoms with Crippen LogP contribution in [0, 0.1) is 0 Å². The molecule has 1 heterocycles. The Morgan fingerprint density at radius 1 is 1.19 bits per heavy atom. The Kier molecular flexibility index (Phi) is 5.74. The number of rotatable bonds is 5. The lowest BCUT2D eigenvalue weighted by molar-refractivity contribution is 0.385. The number of nitrogens with one attached hydrogen (secondary N) is 1. The number of nitrogens with zero attached hydrogens (tertiary/aromatic N) is 1. The van der Waals surface area contributed by atoms with E-state index in [1.807, 2.05) is 24.3 Å². The van der Waals surface area contributed by atoms with Crippen molar-refractivity contribution in [3.8, 4) is 5.75 Å². The molecular weight excluding hydrogens is 424 g/mol. The molecule has 2 aromatic carbocycles. The van der Waals surface area contributed by atoms with Crippen LogP contribution in [-0.4, -0.2) is 25.0 Å². The van der Waals surface area contributed by atoms with Gasteiger partial charge in [0.25, 0.3) is 0 Å². The van der Waals surface area contributed by atoms with Crippen LogP contribution in [0.25, 0.3) is 0 Å². The Labute approximate surface area is 174 Å². The molecule has 142 valence electrons. The second-order valence-corrected chi connectivity index (χ2v) is 8.63. The number of hydrogen-bond donors (Lipinski definition) is 1. The monoisotopic (exact) mass is 446 g/mol. The molecule has 0 radical (unpaired) electrons. The van der Waals surface area contributed by atoms with Gasteiger partial charge in [-0.25, -0.2) is 0 Å². The maximum atomic E-state index is 6.61. The zero-order valence-electron chi connectivity index (χ0n) is 15.5. The van der Waals surface area contributed by atoms with Gasteiger partial charge in [0.2, 0.25) is 0 Å². The molecule has 0 unspecified atom stereocenters. The van der Waals surface area contributed by atoms with Crippen molar-refractivity contribution in [1.29, 1.82) is 0 Å². The number of ether oxygens (including phenoxy) is 1. The van der Waals surface area contributed by atoms with Gasteiger partial charge in [0.15, 0.2) is 0 Å². The molecule has 1 fully saturated rings. The summed E-state index contributed by atoms with van der Waals surface area (Å²) in [7, 11) is 1.71. The van der Waals surface area contributed by atoms with E-state index in [1.165, 1.54) is 31.2 Å². The molecule has 0 bridgehead atoms. The largest absolute Gasteiger partial charge is 0.496 e. The molecular formula is C22H24BrClN2O. The number of aliphatic imine (C=N–C) groups is 1. The van der Waals surface area contributed by atoms with Gasteiger partial charge < -0.3 is 10.1 Å². The normalized spacial score (nSPS) is 21.4. The predicted molar refractivity (Wildman–Crippen MR) is 115 cm³/mol. The molecule has 2 aliphatic rings. The summed E-state index contributed by atoms with van der Waals surface area (Å²) < 4.78 is 6.58. The molecule has 2 aromatic rings. The van der Waals surface area contributed by atoms with Gasteiger partial charge in [-0.15, -0.1) is 0 Å². The van der Waals surface area contributed by atoms with E-state index in [9.17, 15) is 0 Å². The molecule has 3 nitrogen and oxygen atoms in total. The Morgan fingerprint density at radius 2 is 2.04 bits per heavy atom. The highest BCUT2D eigenvalue weighted by molar-refractivity contribution is 9.10. The lowest BCUT2D eigenvalue weighted by Gasteiger charge is -2.23. The number of halogens is 2. The minimum Gasteiger partial charge on any atom is -0.496 e. The minimum absolute atomic E-state index is 0.422. The van der Waals surface area contributed by atoms with Crippen molar-refractivity contribution in [2.24, 2.45) is 4.99 Å². The number of hydrogen-bond acceptors (Lipinski definition) is 3. The third-order valence-corrected chi connectivity index (χ3v) is 6.45. The Bertz CT molecular complexity index is 867. The van der Waals surface area contributed by atoms with Crippen molar-refractivity contribution in [3.05, 3.63) is 62.6 Å². The average molecular weight is 448 g/mol. The van der Waals surface area contributed by atoms with Crippen molar-refractivity contribution >= 4 is 33.4 Å². The van der Waals surface area contributed by atoms with Gasteiger partial charge in [-0.3, -0.25) is 4.99 Å². The average Bonchev–Trinajstić information content (AvgIpc) is 3.11. The predicted octanol–water partition coefficient (Wildman–Crippen LogP) is 5.56. The summed E-state index contributed by atoms with van der Waals surface area (Å²) >= 11 is 10.2. The number of benzene rings is 2. The standard InChI is InChI=1S/C22H24BrClN2O/c1-27-21-12-10-15(23)13-14(21)9-11-16-17(5-4-6-18(16)24)22-25-19-7-2-3-8-20(19)26-22/h4-6,10,12-13,19-20H,2-3,7-9,11H2,1H3,(H,25,26)/t19-,20-/m0/s1. The van der Waals surface area contributed by atoms with Gasteiger partial charge in [-0.2, -0.15) is 0 Å². The summed E-state index contributed by atoms with van der Waals surface area (Å²) in [5, 5.41) is 4.47. The summed E-state index contributed by atoms with van der Waals surface area (Å²) in [4.78, 5) is 5.00. The molecule has 1 aliphatic carbocycles. The fourth-order valence-corrected chi connectivity index (χ4v) is 4.87. The summed E-state index contributed by atoms with van der Waals surface area (Å²) in [6.07, 6.45) is 6.68. The van der Waals surface area contributed by atoms with Gasteiger partial charge in [0, 0.05) is 21.1 Å². The van der Waals surface area contributed by atoms with E-state index in [4.69, 9.17) is 21.3 Å². The second-order valence-electron chi connectivity index (χ2n) is 7.30. The zero-order chi connectivity index (χ0) is 18.8. The first-order valence-electron chi connectivity index (χ1n) is 9.60. The van der Waals surface area contributed by atoms with E-state index < -0.39 is 0 Å².